The Labute approximate surface area is 160 Å². The number of benzene rings is 1. The van der Waals surface area contributed by atoms with E-state index >= 15 is 0 Å². The second-order valence-corrected chi connectivity index (χ2v) is 6.74. The number of anilines is 1. The van der Waals surface area contributed by atoms with Gasteiger partial charge in [0.2, 0.25) is 0 Å². The Bertz CT molecular complexity index is 833. The number of pyridine rings is 1. The molecule has 27 heavy (non-hydrogen) atoms. The number of nitrogens with one attached hydrogen (secondary N) is 1. The number of hydrogen-bond acceptors (Lipinski definition) is 7. The van der Waals surface area contributed by atoms with Gasteiger partial charge in [-0.25, -0.2) is 0 Å². The summed E-state index contributed by atoms with van der Waals surface area (Å²) in [4.78, 5) is 6.77. The van der Waals surface area contributed by atoms with E-state index in [1.54, 1.807) is 20.4 Å². The van der Waals surface area contributed by atoms with E-state index in [0.29, 0.717) is 29.6 Å². The molecular formula is C20H27N5O2. The Morgan fingerprint density at radius 1 is 1.33 bits per heavy atom. The van der Waals surface area contributed by atoms with E-state index in [-0.39, 0.29) is 0 Å². The zero-order valence-electron chi connectivity index (χ0n) is 16.0. The van der Waals surface area contributed by atoms with Gasteiger partial charge in [0.25, 0.3) is 0 Å². The van der Waals surface area contributed by atoms with Crippen molar-refractivity contribution in [1.29, 1.82) is 5.26 Å². The summed E-state index contributed by atoms with van der Waals surface area (Å²) in [5, 5.41) is 14.2. The van der Waals surface area contributed by atoms with E-state index in [1.807, 2.05) is 12.1 Å². The van der Waals surface area contributed by atoms with Crippen LogP contribution in [0.25, 0.3) is 10.9 Å². The zero-order valence-corrected chi connectivity index (χ0v) is 16.0. The fraction of sp³-hybridized carbons (Fsp3) is 0.500. The van der Waals surface area contributed by atoms with Crippen molar-refractivity contribution in [2.75, 3.05) is 45.3 Å². The van der Waals surface area contributed by atoms with Crippen molar-refractivity contribution in [3.63, 3.8) is 0 Å². The highest BCUT2D eigenvalue weighted by atomic mass is 16.5. The molecule has 0 spiro atoms. The number of fused-ring (bicyclic) bond motifs is 1. The van der Waals surface area contributed by atoms with Crippen LogP contribution in [-0.4, -0.2) is 51.4 Å². The zero-order chi connectivity index (χ0) is 19.2. The van der Waals surface area contributed by atoms with Crippen molar-refractivity contribution in [2.45, 2.75) is 25.3 Å². The van der Waals surface area contributed by atoms with Crippen molar-refractivity contribution in [2.24, 2.45) is 5.73 Å². The van der Waals surface area contributed by atoms with E-state index in [0.717, 1.165) is 55.5 Å². The highest BCUT2D eigenvalue weighted by Gasteiger charge is 2.23. The molecule has 2 heterocycles. The molecule has 1 unspecified atom stereocenters. The number of hydrogen-bond donors (Lipinski definition) is 2. The first kappa shape index (κ1) is 19.2. The van der Waals surface area contributed by atoms with E-state index in [4.69, 9.17) is 15.2 Å². The van der Waals surface area contributed by atoms with Crippen LogP contribution in [0.4, 0.5) is 5.69 Å². The lowest BCUT2D eigenvalue weighted by molar-refractivity contribution is 0.356. The van der Waals surface area contributed by atoms with Gasteiger partial charge in [0.1, 0.15) is 6.07 Å². The molecular weight excluding hydrogens is 342 g/mol. The summed E-state index contributed by atoms with van der Waals surface area (Å²) >= 11 is 0. The van der Waals surface area contributed by atoms with Gasteiger partial charge in [0.05, 0.1) is 31.0 Å². The van der Waals surface area contributed by atoms with Crippen LogP contribution >= 0.6 is 0 Å². The summed E-state index contributed by atoms with van der Waals surface area (Å²) in [5.74, 6) is 1.27. The number of methoxy groups -OCH3 is 2. The Hall–Kier alpha value is -2.56. The number of ether oxygens (including phenoxy) is 2. The largest absolute Gasteiger partial charge is 0.493 e. The topological polar surface area (TPSA) is 96.4 Å². The van der Waals surface area contributed by atoms with Gasteiger partial charge < -0.3 is 25.4 Å². The quantitative estimate of drug-likeness (QED) is 0.804. The average molecular weight is 369 g/mol. The van der Waals surface area contributed by atoms with Crippen LogP contribution in [0.3, 0.4) is 0 Å². The SMILES string of the molecule is COc1cc2ncc(C#N)c(N3CCCNC(CCCN)C3)c2cc1OC. The second kappa shape index (κ2) is 8.89. The van der Waals surface area contributed by atoms with Gasteiger partial charge in [-0.2, -0.15) is 5.26 Å². The monoisotopic (exact) mass is 369 g/mol. The van der Waals surface area contributed by atoms with Crippen molar-refractivity contribution in [1.82, 2.24) is 10.3 Å². The third-order valence-corrected chi connectivity index (χ3v) is 5.02. The van der Waals surface area contributed by atoms with Crippen molar-refractivity contribution < 1.29 is 9.47 Å². The highest BCUT2D eigenvalue weighted by Crippen LogP contribution is 2.37. The first-order valence-corrected chi connectivity index (χ1v) is 9.35. The third-order valence-electron chi connectivity index (χ3n) is 5.02. The molecule has 3 N–H and O–H groups in total. The molecule has 1 aliphatic rings. The molecule has 1 aromatic heterocycles. The second-order valence-electron chi connectivity index (χ2n) is 6.74. The molecule has 0 radical (unpaired) electrons. The summed E-state index contributed by atoms with van der Waals surface area (Å²) in [6.07, 6.45) is 4.67. The summed E-state index contributed by atoms with van der Waals surface area (Å²) in [7, 11) is 3.22. The van der Waals surface area contributed by atoms with Gasteiger partial charge in [-0.15, -0.1) is 0 Å². The molecule has 1 saturated heterocycles. The van der Waals surface area contributed by atoms with Crippen LogP contribution in [0.1, 0.15) is 24.8 Å². The predicted octanol–water partition coefficient (Wildman–Crippen LogP) is 2.03. The molecule has 0 bridgehead atoms. The minimum Gasteiger partial charge on any atom is -0.493 e. The molecule has 0 saturated carbocycles. The summed E-state index contributed by atoms with van der Waals surface area (Å²) in [5.41, 5.74) is 7.98. The van der Waals surface area contributed by atoms with E-state index in [2.05, 4.69) is 21.3 Å². The van der Waals surface area contributed by atoms with E-state index in [1.165, 1.54) is 0 Å². The van der Waals surface area contributed by atoms with Crippen molar-refractivity contribution >= 4 is 16.6 Å². The molecule has 7 heteroatoms. The lowest BCUT2D eigenvalue weighted by Gasteiger charge is -2.28. The maximum absolute atomic E-state index is 9.71. The standard InChI is InChI=1S/C20H27N5O2/c1-26-18-9-16-17(10-19(18)27-2)24-12-14(11-22)20(16)25-8-4-7-23-15(13-25)5-3-6-21/h9-10,12,15,23H,3-8,13,21H2,1-2H3. The lowest BCUT2D eigenvalue weighted by atomic mass is 10.1. The van der Waals surface area contributed by atoms with Gasteiger partial charge in [-0.05, 0) is 38.4 Å². The minimum absolute atomic E-state index is 0.353. The Morgan fingerprint density at radius 2 is 2.11 bits per heavy atom. The smallest absolute Gasteiger partial charge is 0.162 e. The van der Waals surface area contributed by atoms with Gasteiger partial charge in [0.15, 0.2) is 11.5 Å². The van der Waals surface area contributed by atoms with E-state index < -0.39 is 0 Å². The normalized spacial score (nSPS) is 17.4. The van der Waals surface area contributed by atoms with Crippen molar-refractivity contribution in [3.05, 3.63) is 23.9 Å². The minimum atomic E-state index is 0.353. The van der Waals surface area contributed by atoms with Crippen LogP contribution in [0.5, 0.6) is 11.5 Å². The average Bonchev–Trinajstić information content (AvgIpc) is 2.95. The summed E-state index contributed by atoms with van der Waals surface area (Å²) in [6.45, 7) is 3.38. The lowest BCUT2D eigenvalue weighted by Crippen LogP contribution is -2.38. The number of rotatable bonds is 6. The first-order chi connectivity index (χ1) is 13.2. The van der Waals surface area contributed by atoms with Crippen LogP contribution in [0.2, 0.25) is 0 Å². The fourth-order valence-corrected chi connectivity index (χ4v) is 3.69. The number of nitrogens with two attached hydrogens (primary N) is 1. The number of nitriles is 1. The molecule has 3 rings (SSSR count). The summed E-state index contributed by atoms with van der Waals surface area (Å²) < 4.78 is 10.9. The Kier molecular flexibility index (Phi) is 6.32. The first-order valence-electron chi connectivity index (χ1n) is 9.35. The van der Waals surface area contributed by atoms with Crippen LogP contribution in [0.15, 0.2) is 18.3 Å². The molecule has 1 atom stereocenters. The summed E-state index contributed by atoms with van der Waals surface area (Å²) in [6, 6.07) is 6.45. The van der Waals surface area contributed by atoms with E-state index in [9.17, 15) is 5.26 Å². The van der Waals surface area contributed by atoms with Crippen LogP contribution < -0.4 is 25.4 Å². The highest BCUT2D eigenvalue weighted by molar-refractivity contribution is 5.96. The molecule has 1 aliphatic heterocycles. The molecule has 7 nitrogen and oxygen atoms in total. The van der Waals surface area contributed by atoms with Gasteiger partial charge in [0, 0.05) is 36.8 Å². The molecule has 1 aromatic carbocycles. The van der Waals surface area contributed by atoms with Crippen molar-refractivity contribution in [3.8, 4) is 17.6 Å². The Balaban J connectivity index is 2.08. The molecule has 0 aliphatic carbocycles. The molecule has 1 fully saturated rings. The predicted molar refractivity (Wildman–Crippen MR) is 106 cm³/mol. The van der Waals surface area contributed by atoms with Gasteiger partial charge in [-0.3, -0.25) is 4.98 Å². The maximum atomic E-state index is 9.71. The van der Waals surface area contributed by atoms with Gasteiger partial charge in [-0.1, -0.05) is 0 Å². The fourth-order valence-electron chi connectivity index (χ4n) is 3.69. The number of aromatic nitrogens is 1. The Morgan fingerprint density at radius 3 is 2.81 bits per heavy atom. The molecule has 144 valence electrons. The number of nitrogens with zero attached hydrogens (tertiary/aromatic N) is 3. The third kappa shape index (κ3) is 4.07. The molecule has 2 aromatic rings. The van der Waals surface area contributed by atoms with Crippen LogP contribution in [-0.2, 0) is 0 Å². The molecule has 0 amide bonds. The van der Waals surface area contributed by atoms with Gasteiger partial charge >= 0.3 is 0 Å². The van der Waals surface area contributed by atoms with Crippen LogP contribution in [0, 0.1) is 11.3 Å². The maximum Gasteiger partial charge on any atom is 0.162 e.